The van der Waals surface area contributed by atoms with Crippen molar-refractivity contribution in [3.8, 4) is 0 Å². The van der Waals surface area contributed by atoms with Crippen LogP contribution in [0, 0.1) is 11.8 Å². The smallest absolute Gasteiger partial charge is 0.149 e. The van der Waals surface area contributed by atoms with Crippen molar-refractivity contribution in [1.82, 2.24) is 4.98 Å². The van der Waals surface area contributed by atoms with Gasteiger partial charge in [0.15, 0.2) is 0 Å². The molecule has 0 radical (unpaired) electrons. The molecule has 1 aromatic rings. The van der Waals surface area contributed by atoms with Gasteiger partial charge in [-0.3, -0.25) is 0 Å². The van der Waals surface area contributed by atoms with Gasteiger partial charge in [0.05, 0.1) is 10.0 Å². The van der Waals surface area contributed by atoms with Gasteiger partial charge >= 0.3 is 0 Å². The van der Waals surface area contributed by atoms with Crippen LogP contribution in [0.3, 0.4) is 0 Å². The summed E-state index contributed by atoms with van der Waals surface area (Å²) in [5.41, 5.74) is 0. The van der Waals surface area contributed by atoms with Crippen LogP contribution in [-0.2, 0) is 0 Å². The minimum atomic E-state index is 0.592. The molecule has 3 nitrogen and oxygen atoms in total. The van der Waals surface area contributed by atoms with Gasteiger partial charge in [0.25, 0.3) is 0 Å². The summed E-state index contributed by atoms with van der Waals surface area (Å²) in [5, 5.41) is 4.50. The molecule has 118 valence electrons. The summed E-state index contributed by atoms with van der Waals surface area (Å²) in [6, 6.07) is 1.80. The van der Waals surface area contributed by atoms with Crippen LogP contribution in [0.15, 0.2) is 6.07 Å². The Bertz CT molecular complexity index is 469. The molecule has 5 heteroatoms. The van der Waals surface area contributed by atoms with E-state index in [-0.39, 0.29) is 0 Å². The van der Waals surface area contributed by atoms with E-state index in [1.807, 2.05) is 0 Å². The second-order valence-corrected chi connectivity index (χ2v) is 6.93. The number of nitrogens with one attached hydrogen (secondary N) is 1. The molecule has 1 saturated heterocycles. The molecule has 0 aromatic carbocycles. The minimum Gasteiger partial charge on any atom is -0.369 e. The Morgan fingerprint density at radius 2 is 1.95 bits per heavy atom. The van der Waals surface area contributed by atoms with Crippen molar-refractivity contribution in [2.45, 2.75) is 40.0 Å². The van der Waals surface area contributed by atoms with Crippen LogP contribution in [0.1, 0.15) is 40.0 Å². The van der Waals surface area contributed by atoms with Gasteiger partial charge in [-0.15, -0.1) is 0 Å². The molecule has 0 aliphatic carbocycles. The molecule has 0 bridgehead atoms. The van der Waals surface area contributed by atoms with Gasteiger partial charge < -0.3 is 10.2 Å². The molecule has 1 aromatic heterocycles. The van der Waals surface area contributed by atoms with E-state index in [9.17, 15) is 0 Å². The summed E-state index contributed by atoms with van der Waals surface area (Å²) in [5.74, 6) is 3.17. The SMILES string of the molecule is CCCNc1nc(N2CCC(C(C)C)CC2)c(Cl)cc1Cl. The Kier molecular flexibility index (Phi) is 6.00. The van der Waals surface area contributed by atoms with Crippen LogP contribution in [-0.4, -0.2) is 24.6 Å². The summed E-state index contributed by atoms with van der Waals surface area (Å²) in [4.78, 5) is 6.94. The molecular weight excluding hydrogens is 305 g/mol. The normalized spacial score (nSPS) is 16.6. The number of halogens is 2. The number of anilines is 2. The summed E-state index contributed by atoms with van der Waals surface area (Å²) < 4.78 is 0. The molecule has 0 unspecified atom stereocenters. The molecule has 0 spiro atoms. The number of hydrogen-bond donors (Lipinski definition) is 1. The zero-order chi connectivity index (χ0) is 15.4. The van der Waals surface area contributed by atoms with Gasteiger partial charge in [-0.05, 0) is 37.2 Å². The third-order valence-electron chi connectivity index (χ3n) is 4.24. The van der Waals surface area contributed by atoms with E-state index in [1.54, 1.807) is 6.07 Å². The standard InChI is InChI=1S/C16H25Cl2N3/c1-4-7-19-15-13(17)10-14(18)16(20-15)21-8-5-12(6-9-21)11(2)3/h10-12H,4-9H2,1-3H3,(H,19,20). The van der Waals surface area contributed by atoms with Crippen LogP contribution >= 0.6 is 23.2 Å². The minimum absolute atomic E-state index is 0.592. The Labute approximate surface area is 138 Å². The van der Waals surface area contributed by atoms with Crippen LogP contribution in [0.2, 0.25) is 10.0 Å². The van der Waals surface area contributed by atoms with E-state index in [0.717, 1.165) is 49.5 Å². The zero-order valence-corrected chi connectivity index (χ0v) is 14.6. The highest BCUT2D eigenvalue weighted by Crippen LogP contribution is 2.34. The first-order valence-corrected chi connectivity index (χ1v) is 8.63. The number of pyridine rings is 1. The highest BCUT2D eigenvalue weighted by Gasteiger charge is 2.24. The van der Waals surface area contributed by atoms with E-state index in [2.05, 4.69) is 36.0 Å². The first-order chi connectivity index (χ1) is 10.0. The highest BCUT2D eigenvalue weighted by molar-refractivity contribution is 6.37. The van der Waals surface area contributed by atoms with E-state index in [0.29, 0.717) is 10.0 Å². The van der Waals surface area contributed by atoms with Gasteiger partial charge in [0, 0.05) is 19.6 Å². The van der Waals surface area contributed by atoms with E-state index >= 15 is 0 Å². The van der Waals surface area contributed by atoms with Gasteiger partial charge in [0.2, 0.25) is 0 Å². The van der Waals surface area contributed by atoms with E-state index < -0.39 is 0 Å². The summed E-state index contributed by atoms with van der Waals surface area (Å²) in [6.45, 7) is 9.63. The molecule has 21 heavy (non-hydrogen) atoms. The number of nitrogens with zero attached hydrogens (tertiary/aromatic N) is 2. The average molecular weight is 330 g/mol. The first kappa shape index (κ1) is 16.7. The number of piperidine rings is 1. The topological polar surface area (TPSA) is 28.2 Å². The second-order valence-electron chi connectivity index (χ2n) is 6.12. The van der Waals surface area contributed by atoms with Gasteiger partial charge in [-0.2, -0.15) is 0 Å². The predicted molar refractivity (Wildman–Crippen MR) is 92.8 cm³/mol. The van der Waals surface area contributed by atoms with Crippen molar-refractivity contribution < 1.29 is 0 Å². The fourth-order valence-electron chi connectivity index (χ4n) is 2.82. The number of aromatic nitrogens is 1. The second kappa shape index (κ2) is 7.55. The molecule has 0 saturated carbocycles. The Morgan fingerprint density at radius 1 is 1.29 bits per heavy atom. The predicted octanol–water partition coefficient (Wildman–Crippen LogP) is 5.08. The summed E-state index contributed by atoms with van der Waals surface area (Å²) in [6.07, 6.45) is 3.45. The fourth-order valence-corrected chi connectivity index (χ4v) is 3.37. The van der Waals surface area contributed by atoms with Crippen LogP contribution in [0.5, 0.6) is 0 Å². The lowest BCUT2D eigenvalue weighted by molar-refractivity contribution is 0.311. The van der Waals surface area contributed by atoms with Crippen molar-refractivity contribution in [2.24, 2.45) is 11.8 Å². The number of hydrogen-bond acceptors (Lipinski definition) is 3. The quantitative estimate of drug-likeness (QED) is 0.816. The summed E-state index contributed by atoms with van der Waals surface area (Å²) in [7, 11) is 0. The molecular formula is C16H25Cl2N3. The third-order valence-corrected chi connectivity index (χ3v) is 4.80. The molecule has 1 fully saturated rings. The van der Waals surface area contributed by atoms with E-state index in [4.69, 9.17) is 23.2 Å². The van der Waals surface area contributed by atoms with Crippen LogP contribution in [0.4, 0.5) is 11.6 Å². The maximum Gasteiger partial charge on any atom is 0.149 e. The Hall–Kier alpha value is -0.670. The zero-order valence-electron chi connectivity index (χ0n) is 13.1. The monoisotopic (exact) mass is 329 g/mol. The lowest BCUT2D eigenvalue weighted by Gasteiger charge is -2.35. The van der Waals surface area contributed by atoms with Gasteiger partial charge in [0.1, 0.15) is 11.6 Å². The largest absolute Gasteiger partial charge is 0.369 e. The maximum atomic E-state index is 6.35. The van der Waals surface area contributed by atoms with E-state index in [1.165, 1.54) is 12.8 Å². The molecule has 1 aliphatic heterocycles. The maximum absolute atomic E-state index is 6.35. The molecule has 0 amide bonds. The van der Waals surface area contributed by atoms with Crippen molar-refractivity contribution in [3.05, 3.63) is 16.1 Å². The molecule has 2 rings (SSSR count). The van der Waals surface area contributed by atoms with Crippen molar-refractivity contribution in [1.29, 1.82) is 0 Å². The van der Waals surface area contributed by atoms with Crippen LogP contribution in [0.25, 0.3) is 0 Å². The molecule has 1 N–H and O–H groups in total. The fraction of sp³-hybridized carbons (Fsp3) is 0.688. The Balaban J connectivity index is 2.12. The third kappa shape index (κ3) is 4.17. The van der Waals surface area contributed by atoms with Crippen molar-refractivity contribution in [3.63, 3.8) is 0 Å². The lowest BCUT2D eigenvalue weighted by atomic mass is 9.87. The molecule has 2 heterocycles. The highest BCUT2D eigenvalue weighted by atomic mass is 35.5. The summed E-state index contributed by atoms with van der Waals surface area (Å²) >= 11 is 12.6. The van der Waals surface area contributed by atoms with Crippen molar-refractivity contribution in [2.75, 3.05) is 29.9 Å². The average Bonchev–Trinajstić information content (AvgIpc) is 2.46. The van der Waals surface area contributed by atoms with Gasteiger partial charge in [-0.1, -0.05) is 44.0 Å². The molecule has 1 aliphatic rings. The first-order valence-electron chi connectivity index (χ1n) is 7.87. The number of rotatable bonds is 5. The van der Waals surface area contributed by atoms with Crippen LogP contribution < -0.4 is 10.2 Å². The Morgan fingerprint density at radius 3 is 2.52 bits per heavy atom. The lowest BCUT2D eigenvalue weighted by Crippen LogP contribution is -2.36. The molecule has 0 atom stereocenters. The van der Waals surface area contributed by atoms with Gasteiger partial charge in [-0.25, -0.2) is 4.98 Å². The van der Waals surface area contributed by atoms with Crippen molar-refractivity contribution >= 4 is 34.8 Å².